The molecule has 98 valence electrons. The van der Waals surface area contributed by atoms with Gasteiger partial charge in [-0.05, 0) is 50.1 Å². The van der Waals surface area contributed by atoms with Gasteiger partial charge in [0.05, 0.1) is 5.56 Å². The summed E-state index contributed by atoms with van der Waals surface area (Å²) in [7, 11) is 0. The predicted octanol–water partition coefficient (Wildman–Crippen LogP) is 2.84. The first-order chi connectivity index (χ1) is 8.95. The van der Waals surface area contributed by atoms with Crippen LogP contribution >= 0.6 is 0 Å². The van der Waals surface area contributed by atoms with E-state index in [9.17, 15) is 4.79 Å². The molecular weight excluding hydrogens is 238 g/mol. The highest BCUT2D eigenvalue weighted by molar-refractivity contribution is 6.07. The molecule has 0 aliphatic carbocycles. The molecule has 4 nitrogen and oxygen atoms in total. The van der Waals surface area contributed by atoms with Crippen LogP contribution in [0.5, 0.6) is 0 Å². The highest BCUT2D eigenvalue weighted by Gasteiger charge is 2.11. The molecule has 19 heavy (non-hydrogen) atoms. The van der Waals surface area contributed by atoms with E-state index < -0.39 is 0 Å². The van der Waals surface area contributed by atoms with Crippen LogP contribution in [0.15, 0.2) is 30.5 Å². The first-order valence-corrected chi connectivity index (χ1v) is 6.07. The Bertz CT molecular complexity index is 615. The quantitative estimate of drug-likeness (QED) is 0.867. The Morgan fingerprint density at radius 2 is 1.74 bits per heavy atom. The number of hydrogen-bond donors (Lipinski definition) is 2. The molecule has 0 aliphatic rings. The Morgan fingerprint density at radius 1 is 1.11 bits per heavy atom. The van der Waals surface area contributed by atoms with Crippen molar-refractivity contribution in [1.82, 2.24) is 4.98 Å². The maximum absolute atomic E-state index is 12.1. The van der Waals surface area contributed by atoms with Gasteiger partial charge in [0.2, 0.25) is 0 Å². The lowest BCUT2D eigenvalue weighted by Crippen LogP contribution is -2.14. The second kappa shape index (κ2) is 5.10. The molecule has 0 saturated carbocycles. The fraction of sp³-hybridized carbons (Fsp3) is 0.200. The highest BCUT2D eigenvalue weighted by Crippen LogP contribution is 2.17. The minimum absolute atomic E-state index is 0.241. The van der Waals surface area contributed by atoms with Crippen molar-refractivity contribution in [2.24, 2.45) is 0 Å². The second-order valence-corrected chi connectivity index (χ2v) is 4.74. The van der Waals surface area contributed by atoms with Crippen LogP contribution in [0.3, 0.4) is 0 Å². The number of nitrogens with one attached hydrogen (secondary N) is 1. The standard InChI is InChI=1S/C15H17N3O/c1-9-4-10(2)6-12(5-9)18-15(19)13-8-17-11(3)7-14(13)16/h4-8H,1-3H3,(H2,16,17)(H,18,19). The van der Waals surface area contributed by atoms with E-state index in [1.807, 2.05) is 32.9 Å². The number of hydrogen-bond acceptors (Lipinski definition) is 3. The normalized spacial score (nSPS) is 10.3. The Kier molecular flexibility index (Phi) is 3.51. The molecule has 1 heterocycles. The van der Waals surface area contributed by atoms with Gasteiger partial charge >= 0.3 is 0 Å². The van der Waals surface area contributed by atoms with E-state index >= 15 is 0 Å². The number of aromatic nitrogens is 1. The molecule has 0 atom stereocenters. The van der Waals surface area contributed by atoms with Gasteiger partial charge in [-0.3, -0.25) is 9.78 Å². The topological polar surface area (TPSA) is 68.0 Å². The Morgan fingerprint density at radius 3 is 2.32 bits per heavy atom. The minimum atomic E-state index is -0.241. The van der Waals surface area contributed by atoms with Crippen molar-refractivity contribution >= 4 is 17.3 Å². The van der Waals surface area contributed by atoms with E-state index in [2.05, 4.69) is 16.4 Å². The van der Waals surface area contributed by atoms with Crippen LogP contribution in [0.25, 0.3) is 0 Å². The molecule has 0 aliphatic heterocycles. The van der Waals surface area contributed by atoms with E-state index in [1.165, 1.54) is 6.20 Å². The first kappa shape index (κ1) is 13.1. The van der Waals surface area contributed by atoms with Gasteiger partial charge in [-0.15, -0.1) is 0 Å². The lowest BCUT2D eigenvalue weighted by molar-refractivity contribution is 0.102. The van der Waals surface area contributed by atoms with Crippen molar-refractivity contribution in [3.63, 3.8) is 0 Å². The van der Waals surface area contributed by atoms with E-state index in [0.717, 1.165) is 22.5 Å². The summed E-state index contributed by atoms with van der Waals surface area (Å²) < 4.78 is 0. The largest absolute Gasteiger partial charge is 0.398 e. The van der Waals surface area contributed by atoms with Crippen molar-refractivity contribution in [3.05, 3.63) is 52.8 Å². The van der Waals surface area contributed by atoms with Crippen molar-refractivity contribution in [2.45, 2.75) is 20.8 Å². The molecule has 2 rings (SSSR count). The van der Waals surface area contributed by atoms with Gasteiger partial charge in [0.25, 0.3) is 5.91 Å². The van der Waals surface area contributed by atoms with Crippen molar-refractivity contribution in [3.8, 4) is 0 Å². The number of amides is 1. The predicted molar refractivity (Wildman–Crippen MR) is 77.3 cm³/mol. The molecule has 2 aromatic rings. The smallest absolute Gasteiger partial charge is 0.259 e. The van der Waals surface area contributed by atoms with Crippen molar-refractivity contribution < 1.29 is 4.79 Å². The molecule has 1 aromatic heterocycles. The van der Waals surface area contributed by atoms with Gasteiger partial charge in [-0.25, -0.2) is 0 Å². The summed E-state index contributed by atoms with van der Waals surface area (Å²) >= 11 is 0. The van der Waals surface area contributed by atoms with Gasteiger partial charge in [-0.1, -0.05) is 6.07 Å². The third kappa shape index (κ3) is 3.10. The lowest BCUT2D eigenvalue weighted by atomic mass is 10.1. The Balaban J connectivity index is 2.25. The van der Waals surface area contributed by atoms with Crippen LogP contribution in [-0.2, 0) is 0 Å². The van der Waals surface area contributed by atoms with E-state index in [4.69, 9.17) is 5.73 Å². The number of nitrogen functional groups attached to an aromatic ring is 1. The number of aryl methyl sites for hydroxylation is 3. The monoisotopic (exact) mass is 255 g/mol. The molecule has 0 saturated heterocycles. The molecule has 0 unspecified atom stereocenters. The molecule has 4 heteroatoms. The summed E-state index contributed by atoms with van der Waals surface area (Å²) in [4.78, 5) is 16.2. The average Bonchev–Trinajstić information content (AvgIpc) is 2.26. The summed E-state index contributed by atoms with van der Waals surface area (Å²) in [6, 6.07) is 7.58. The summed E-state index contributed by atoms with van der Waals surface area (Å²) in [6.45, 7) is 5.82. The first-order valence-electron chi connectivity index (χ1n) is 6.07. The number of nitrogens with two attached hydrogens (primary N) is 1. The SMILES string of the molecule is Cc1cc(C)cc(NC(=O)c2cnc(C)cc2N)c1. The van der Waals surface area contributed by atoms with Crippen LogP contribution in [0.4, 0.5) is 11.4 Å². The molecule has 0 radical (unpaired) electrons. The number of nitrogens with zero attached hydrogens (tertiary/aromatic N) is 1. The molecule has 3 N–H and O–H groups in total. The molecule has 0 spiro atoms. The zero-order chi connectivity index (χ0) is 14.0. The summed E-state index contributed by atoms with van der Waals surface area (Å²) in [5.41, 5.74) is 10.4. The Hall–Kier alpha value is -2.36. The van der Waals surface area contributed by atoms with Gasteiger partial charge in [0.15, 0.2) is 0 Å². The second-order valence-electron chi connectivity index (χ2n) is 4.74. The van der Waals surface area contributed by atoms with Gasteiger partial charge in [0.1, 0.15) is 0 Å². The third-order valence-electron chi connectivity index (χ3n) is 2.80. The number of pyridine rings is 1. The third-order valence-corrected chi connectivity index (χ3v) is 2.80. The Labute approximate surface area is 112 Å². The summed E-state index contributed by atoms with van der Waals surface area (Å²) in [6.07, 6.45) is 1.50. The maximum atomic E-state index is 12.1. The van der Waals surface area contributed by atoms with Crippen molar-refractivity contribution in [1.29, 1.82) is 0 Å². The molecule has 0 fully saturated rings. The van der Waals surface area contributed by atoms with Crippen LogP contribution in [0.1, 0.15) is 27.2 Å². The van der Waals surface area contributed by atoms with E-state index in [0.29, 0.717) is 11.3 Å². The molecular formula is C15H17N3O. The number of anilines is 2. The van der Waals surface area contributed by atoms with Crippen molar-refractivity contribution in [2.75, 3.05) is 11.1 Å². The van der Waals surface area contributed by atoms with Crippen LogP contribution in [0, 0.1) is 20.8 Å². The van der Waals surface area contributed by atoms with Gasteiger partial charge in [-0.2, -0.15) is 0 Å². The van der Waals surface area contributed by atoms with E-state index in [1.54, 1.807) is 6.07 Å². The summed E-state index contributed by atoms with van der Waals surface area (Å²) in [5, 5.41) is 2.84. The fourth-order valence-electron chi connectivity index (χ4n) is 2.02. The van der Waals surface area contributed by atoms with Crippen LogP contribution in [-0.4, -0.2) is 10.9 Å². The zero-order valence-electron chi connectivity index (χ0n) is 11.3. The van der Waals surface area contributed by atoms with Crippen LogP contribution in [0.2, 0.25) is 0 Å². The molecule has 1 amide bonds. The number of carbonyl (C=O) groups is 1. The number of carbonyl (C=O) groups excluding carboxylic acids is 1. The zero-order valence-corrected chi connectivity index (χ0v) is 11.3. The summed E-state index contributed by atoms with van der Waals surface area (Å²) in [5.74, 6) is -0.241. The number of benzene rings is 1. The molecule has 0 bridgehead atoms. The van der Waals surface area contributed by atoms with Gasteiger partial charge in [0, 0.05) is 23.3 Å². The molecule has 1 aromatic carbocycles. The average molecular weight is 255 g/mol. The maximum Gasteiger partial charge on any atom is 0.259 e. The van der Waals surface area contributed by atoms with Gasteiger partial charge < -0.3 is 11.1 Å². The fourth-order valence-corrected chi connectivity index (χ4v) is 2.02. The van der Waals surface area contributed by atoms with E-state index in [-0.39, 0.29) is 5.91 Å². The van der Waals surface area contributed by atoms with Crippen LogP contribution < -0.4 is 11.1 Å². The minimum Gasteiger partial charge on any atom is -0.398 e. The lowest BCUT2D eigenvalue weighted by Gasteiger charge is -2.09. The number of rotatable bonds is 2. The highest BCUT2D eigenvalue weighted by atomic mass is 16.1.